The Morgan fingerprint density at radius 3 is 2.81 bits per heavy atom. The molecule has 1 atom stereocenters. The topological polar surface area (TPSA) is 71.3 Å². The molecule has 0 fully saturated rings. The second-order valence-corrected chi connectivity index (χ2v) is 3.39. The molecule has 0 aliphatic heterocycles. The number of aromatic nitrogens is 1. The Labute approximate surface area is 93.4 Å². The summed E-state index contributed by atoms with van der Waals surface area (Å²) < 4.78 is 1.63. The van der Waals surface area contributed by atoms with Crippen LogP contribution in [0.1, 0.15) is 16.9 Å². The molecule has 5 nitrogen and oxygen atoms in total. The number of carboxylic acid groups (broad SMARTS) is 1. The van der Waals surface area contributed by atoms with E-state index in [2.05, 4.69) is 11.9 Å². The first kappa shape index (κ1) is 12.0. The first-order valence-corrected chi connectivity index (χ1v) is 4.82. The molecule has 0 aromatic carbocycles. The molecule has 0 saturated carbocycles. The lowest BCUT2D eigenvalue weighted by atomic mass is 10.2. The van der Waals surface area contributed by atoms with Crippen molar-refractivity contribution in [2.45, 2.75) is 12.5 Å². The summed E-state index contributed by atoms with van der Waals surface area (Å²) in [7, 11) is 1.72. The van der Waals surface area contributed by atoms with Gasteiger partial charge in [0.05, 0.1) is 0 Å². The van der Waals surface area contributed by atoms with Gasteiger partial charge in [0.15, 0.2) is 0 Å². The van der Waals surface area contributed by atoms with Crippen LogP contribution in [0.25, 0.3) is 0 Å². The standard InChI is InChI=1S/C11H14N2O3/c1-3-5-8(11(15)16)12-10(14)9-6-4-7-13(9)2/h3-4,6-8H,1,5H2,2H3,(H,12,14)(H,15,16). The second kappa shape index (κ2) is 5.16. The van der Waals surface area contributed by atoms with Crippen molar-refractivity contribution in [2.24, 2.45) is 7.05 Å². The molecule has 1 amide bonds. The first-order chi connectivity index (χ1) is 7.56. The Morgan fingerprint density at radius 2 is 2.38 bits per heavy atom. The molecule has 0 aliphatic rings. The molecule has 16 heavy (non-hydrogen) atoms. The Kier molecular flexibility index (Phi) is 3.88. The lowest BCUT2D eigenvalue weighted by molar-refractivity contribution is -0.139. The molecule has 1 rings (SSSR count). The average Bonchev–Trinajstić information content (AvgIpc) is 2.63. The number of carboxylic acids is 1. The molecule has 1 aromatic heterocycles. The van der Waals surface area contributed by atoms with Crippen LogP contribution in [-0.2, 0) is 11.8 Å². The summed E-state index contributed by atoms with van der Waals surface area (Å²) >= 11 is 0. The second-order valence-electron chi connectivity index (χ2n) is 3.39. The molecule has 2 N–H and O–H groups in total. The Morgan fingerprint density at radius 1 is 1.69 bits per heavy atom. The highest BCUT2D eigenvalue weighted by Gasteiger charge is 2.19. The molecule has 0 bridgehead atoms. The lowest BCUT2D eigenvalue weighted by Gasteiger charge is -2.12. The minimum Gasteiger partial charge on any atom is -0.480 e. The molecule has 1 unspecified atom stereocenters. The van der Waals surface area contributed by atoms with Crippen molar-refractivity contribution >= 4 is 11.9 Å². The number of nitrogens with one attached hydrogen (secondary N) is 1. The van der Waals surface area contributed by atoms with E-state index in [4.69, 9.17) is 5.11 Å². The molecule has 1 heterocycles. The quantitative estimate of drug-likeness (QED) is 0.723. The van der Waals surface area contributed by atoms with Crippen LogP contribution in [0, 0.1) is 0 Å². The number of amides is 1. The minimum atomic E-state index is -1.07. The van der Waals surface area contributed by atoms with Crippen LogP contribution in [0.3, 0.4) is 0 Å². The molecular weight excluding hydrogens is 208 g/mol. The van der Waals surface area contributed by atoms with E-state index in [9.17, 15) is 9.59 Å². The lowest BCUT2D eigenvalue weighted by Crippen LogP contribution is -2.40. The maximum absolute atomic E-state index is 11.7. The first-order valence-electron chi connectivity index (χ1n) is 4.82. The Hall–Kier alpha value is -2.04. The van der Waals surface area contributed by atoms with E-state index >= 15 is 0 Å². The van der Waals surface area contributed by atoms with E-state index in [-0.39, 0.29) is 6.42 Å². The van der Waals surface area contributed by atoms with Gasteiger partial charge in [0.25, 0.3) is 5.91 Å². The summed E-state index contributed by atoms with van der Waals surface area (Å²) in [6, 6.07) is 2.42. The minimum absolute atomic E-state index is 0.200. The van der Waals surface area contributed by atoms with Gasteiger partial charge in [0.1, 0.15) is 11.7 Å². The third-order valence-corrected chi connectivity index (χ3v) is 2.18. The van der Waals surface area contributed by atoms with Crippen LogP contribution >= 0.6 is 0 Å². The van der Waals surface area contributed by atoms with Crippen LogP contribution in [0.2, 0.25) is 0 Å². The predicted octanol–water partition coefficient (Wildman–Crippen LogP) is 0.784. The molecule has 1 aromatic rings. The number of aryl methyl sites for hydroxylation is 1. The SMILES string of the molecule is C=CCC(NC(=O)c1cccn1C)C(=O)O. The van der Waals surface area contributed by atoms with Crippen LogP contribution in [0.5, 0.6) is 0 Å². The molecular formula is C11H14N2O3. The Balaban J connectivity index is 2.72. The number of nitrogens with zero attached hydrogens (tertiary/aromatic N) is 1. The summed E-state index contributed by atoms with van der Waals surface area (Å²) in [6.07, 6.45) is 3.38. The molecule has 86 valence electrons. The van der Waals surface area contributed by atoms with Crippen molar-refractivity contribution < 1.29 is 14.7 Å². The molecule has 0 saturated heterocycles. The van der Waals surface area contributed by atoms with Gasteiger partial charge < -0.3 is 15.0 Å². The third-order valence-electron chi connectivity index (χ3n) is 2.18. The van der Waals surface area contributed by atoms with E-state index in [1.54, 1.807) is 29.9 Å². The number of hydrogen-bond donors (Lipinski definition) is 2. The fraction of sp³-hybridized carbons (Fsp3) is 0.273. The number of carbonyl (C=O) groups is 2. The molecule has 0 spiro atoms. The van der Waals surface area contributed by atoms with Crippen molar-refractivity contribution in [3.8, 4) is 0 Å². The van der Waals surface area contributed by atoms with Crippen LogP contribution < -0.4 is 5.32 Å². The van der Waals surface area contributed by atoms with E-state index in [1.165, 1.54) is 6.08 Å². The molecule has 5 heteroatoms. The van der Waals surface area contributed by atoms with E-state index in [1.807, 2.05) is 0 Å². The van der Waals surface area contributed by atoms with Crippen molar-refractivity contribution in [2.75, 3.05) is 0 Å². The van der Waals surface area contributed by atoms with Gasteiger partial charge in [-0.3, -0.25) is 4.79 Å². The highest BCUT2D eigenvalue weighted by molar-refractivity contribution is 5.95. The van der Waals surface area contributed by atoms with E-state index in [0.717, 1.165) is 0 Å². The predicted molar refractivity (Wildman–Crippen MR) is 59.1 cm³/mol. The summed E-state index contributed by atoms with van der Waals surface area (Å²) in [5.41, 5.74) is 0.426. The summed E-state index contributed by atoms with van der Waals surface area (Å²) in [5, 5.41) is 11.3. The van der Waals surface area contributed by atoms with Crippen molar-refractivity contribution in [1.82, 2.24) is 9.88 Å². The van der Waals surface area contributed by atoms with Crippen molar-refractivity contribution in [3.05, 3.63) is 36.7 Å². The summed E-state index contributed by atoms with van der Waals surface area (Å²) in [4.78, 5) is 22.5. The third kappa shape index (κ3) is 2.73. The number of carbonyl (C=O) groups excluding carboxylic acids is 1. The highest BCUT2D eigenvalue weighted by atomic mass is 16.4. The van der Waals surface area contributed by atoms with Gasteiger partial charge in [-0.15, -0.1) is 6.58 Å². The number of hydrogen-bond acceptors (Lipinski definition) is 2. The average molecular weight is 222 g/mol. The van der Waals surface area contributed by atoms with Crippen LogP contribution in [-0.4, -0.2) is 27.6 Å². The van der Waals surface area contributed by atoms with Crippen molar-refractivity contribution in [1.29, 1.82) is 0 Å². The van der Waals surface area contributed by atoms with Crippen LogP contribution in [0.4, 0.5) is 0 Å². The smallest absolute Gasteiger partial charge is 0.326 e. The molecule has 0 aliphatic carbocycles. The highest BCUT2D eigenvalue weighted by Crippen LogP contribution is 2.01. The molecule has 0 radical (unpaired) electrons. The monoisotopic (exact) mass is 222 g/mol. The van der Waals surface area contributed by atoms with Gasteiger partial charge in [-0.05, 0) is 18.6 Å². The maximum Gasteiger partial charge on any atom is 0.326 e. The van der Waals surface area contributed by atoms with Gasteiger partial charge in [0.2, 0.25) is 0 Å². The summed E-state index contributed by atoms with van der Waals surface area (Å²) in [6.45, 7) is 3.45. The Bertz CT molecular complexity index is 409. The fourth-order valence-corrected chi connectivity index (χ4v) is 1.32. The van der Waals surface area contributed by atoms with Gasteiger partial charge in [0, 0.05) is 13.2 Å². The van der Waals surface area contributed by atoms with Crippen molar-refractivity contribution in [3.63, 3.8) is 0 Å². The van der Waals surface area contributed by atoms with E-state index in [0.29, 0.717) is 5.69 Å². The zero-order valence-electron chi connectivity index (χ0n) is 9.01. The van der Waals surface area contributed by atoms with Gasteiger partial charge in [-0.2, -0.15) is 0 Å². The number of aliphatic carboxylic acids is 1. The summed E-state index contributed by atoms with van der Waals surface area (Å²) in [5.74, 6) is -1.47. The van der Waals surface area contributed by atoms with Crippen LogP contribution in [0.15, 0.2) is 31.0 Å². The van der Waals surface area contributed by atoms with E-state index < -0.39 is 17.9 Å². The fourth-order valence-electron chi connectivity index (χ4n) is 1.32. The maximum atomic E-state index is 11.7. The van der Waals surface area contributed by atoms with Gasteiger partial charge in [-0.1, -0.05) is 6.08 Å². The zero-order chi connectivity index (χ0) is 12.1. The normalized spacial score (nSPS) is 11.8. The van der Waals surface area contributed by atoms with Gasteiger partial charge in [-0.25, -0.2) is 4.79 Å². The number of rotatable bonds is 5. The van der Waals surface area contributed by atoms with Gasteiger partial charge >= 0.3 is 5.97 Å². The largest absolute Gasteiger partial charge is 0.480 e. The zero-order valence-corrected chi connectivity index (χ0v) is 9.01.